The fourth-order valence-corrected chi connectivity index (χ4v) is 2.59. The van der Waals surface area contributed by atoms with Crippen LogP contribution in [-0.4, -0.2) is 18.2 Å². The van der Waals surface area contributed by atoms with Crippen LogP contribution >= 0.6 is 0 Å². The minimum atomic E-state index is -3.69. The Kier molecular flexibility index (Phi) is 3.59. The first-order chi connectivity index (χ1) is 8.88. The Balaban J connectivity index is 2.21. The Morgan fingerprint density at radius 2 is 2.11 bits per heavy atom. The highest BCUT2D eigenvalue weighted by Gasteiger charge is 2.12. The molecule has 0 amide bonds. The molecule has 102 valence electrons. The van der Waals surface area contributed by atoms with Crippen molar-refractivity contribution >= 4 is 15.7 Å². The van der Waals surface area contributed by atoms with Gasteiger partial charge in [-0.1, -0.05) is 6.07 Å². The summed E-state index contributed by atoms with van der Waals surface area (Å²) in [6.45, 7) is 2.27. The van der Waals surface area contributed by atoms with Crippen LogP contribution in [0.4, 0.5) is 5.69 Å². The topological polar surface area (TPSA) is 90.0 Å². The zero-order valence-corrected chi connectivity index (χ0v) is 11.6. The molecule has 1 heterocycles. The predicted molar refractivity (Wildman–Crippen MR) is 73.1 cm³/mol. The van der Waals surface area contributed by atoms with E-state index in [4.69, 9.17) is 5.14 Å². The van der Waals surface area contributed by atoms with E-state index < -0.39 is 10.0 Å². The van der Waals surface area contributed by atoms with Crippen LogP contribution in [0.2, 0.25) is 0 Å². The molecule has 0 bridgehead atoms. The van der Waals surface area contributed by atoms with Gasteiger partial charge < -0.3 is 5.32 Å². The quantitative estimate of drug-likeness (QED) is 0.873. The van der Waals surface area contributed by atoms with Crippen LogP contribution in [0.15, 0.2) is 35.4 Å². The van der Waals surface area contributed by atoms with Gasteiger partial charge in [0.2, 0.25) is 10.0 Å². The van der Waals surface area contributed by atoms with Crippen molar-refractivity contribution in [1.82, 2.24) is 9.78 Å². The van der Waals surface area contributed by atoms with Crippen molar-refractivity contribution in [2.45, 2.75) is 18.4 Å². The number of nitrogens with zero attached hydrogens (tertiary/aromatic N) is 2. The highest BCUT2D eigenvalue weighted by molar-refractivity contribution is 7.89. The largest absolute Gasteiger partial charge is 0.379 e. The van der Waals surface area contributed by atoms with Crippen molar-refractivity contribution in [2.24, 2.45) is 12.2 Å². The summed E-state index contributed by atoms with van der Waals surface area (Å²) in [5, 5.41) is 12.4. The molecule has 0 fully saturated rings. The van der Waals surface area contributed by atoms with Crippen molar-refractivity contribution in [2.75, 3.05) is 5.32 Å². The van der Waals surface area contributed by atoms with E-state index in [1.807, 2.05) is 19.2 Å². The molecule has 1 aromatic heterocycles. The second-order valence-corrected chi connectivity index (χ2v) is 5.85. The van der Waals surface area contributed by atoms with E-state index in [0.29, 0.717) is 17.8 Å². The van der Waals surface area contributed by atoms with Crippen LogP contribution in [0, 0.1) is 6.92 Å². The van der Waals surface area contributed by atoms with Gasteiger partial charge in [-0.2, -0.15) is 5.10 Å². The summed E-state index contributed by atoms with van der Waals surface area (Å²) in [6.07, 6.45) is 1.71. The minimum Gasteiger partial charge on any atom is -0.379 e. The standard InChI is InChI=1S/C12H16N4O2S/c1-9-3-4-10(7-12(9)19(13,17)18)14-8-11-5-6-15-16(11)2/h3-7,14H,8H2,1-2H3,(H2,13,17,18). The summed E-state index contributed by atoms with van der Waals surface area (Å²) in [7, 11) is -1.84. The molecule has 0 atom stereocenters. The average molecular weight is 280 g/mol. The average Bonchev–Trinajstić information content (AvgIpc) is 2.72. The molecule has 7 heteroatoms. The van der Waals surface area contributed by atoms with Gasteiger partial charge in [0.05, 0.1) is 17.1 Å². The third-order valence-electron chi connectivity index (χ3n) is 2.89. The van der Waals surface area contributed by atoms with E-state index in [1.165, 1.54) is 0 Å². The molecular formula is C12H16N4O2S. The Labute approximate surface area is 112 Å². The number of benzene rings is 1. The number of hydrogen-bond donors (Lipinski definition) is 2. The second kappa shape index (κ2) is 5.02. The SMILES string of the molecule is Cc1ccc(NCc2ccnn2C)cc1S(N)(=O)=O. The lowest BCUT2D eigenvalue weighted by molar-refractivity contribution is 0.597. The van der Waals surface area contributed by atoms with Gasteiger partial charge in [0.25, 0.3) is 0 Å². The molecule has 2 rings (SSSR count). The van der Waals surface area contributed by atoms with Crippen molar-refractivity contribution in [3.05, 3.63) is 41.7 Å². The third-order valence-corrected chi connectivity index (χ3v) is 3.94. The number of anilines is 1. The summed E-state index contributed by atoms with van der Waals surface area (Å²) in [5.74, 6) is 0. The van der Waals surface area contributed by atoms with Crippen molar-refractivity contribution < 1.29 is 8.42 Å². The summed E-state index contributed by atoms with van der Waals surface area (Å²) >= 11 is 0. The number of rotatable bonds is 4. The number of sulfonamides is 1. The lowest BCUT2D eigenvalue weighted by Gasteiger charge is -2.10. The molecule has 2 aromatic rings. The van der Waals surface area contributed by atoms with Crippen LogP contribution in [0.3, 0.4) is 0 Å². The van der Waals surface area contributed by atoms with Crippen molar-refractivity contribution in [1.29, 1.82) is 0 Å². The summed E-state index contributed by atoms with van der Waals surface area (Å²) in [6, 6.07) is 6.98. The molecule has 0 saturated carbocycles. The molecule has 0 aliphatic carbocycles. The predicted octanol–water partition coefficient (Wildman–Crippen LogP) is 0.988. The third kappa shape index (κ3) is 3.12. The highest BCUT2D eigenvalue weighted by Crippen LogP contribution is 2.19. The molecule has 0 aliphatic heterocycles. The molecule has 0 saturated heterocycles. The molecular weight excluding hydrogens is 264 g/mol. The van der Waals surface area contributed by atoms with E-state index in [-0.39, 0.29) is 4.90 Å². The molecule has 19 heavy (non-hydrogen) atoms. The fraction of sp³-hybridized carbons (Fsp3) is 0.250. The van der Waals surface area contributed by atoms with Crippen molar-refractivity contribution in [3.63, 3.8) is 0 Å². The first-order valence-electron chi connectivity index (χ1n) is 5.72. The zero-order chi connectivity index (χ0) is 14.0. The van der Waals surface area contributed by atoms with E-state index in [0.717, 1.165) is 5.69 Å². The summed E-state index contributed by atoms with van der Waals surface area (Å²) in [4.78, 5) is 0.141. The Hall–Kier alpha value is -1.86. The monoisotopic (exact) mass is 280 g/mol. The Bertz CT molecular complexity index is 692. The smallest absolute Gasteiger partial charge is 0.238 e. The maximum Gasteiger partial charge on any atom is 0.238 e. The molecule has 0 aliphatic rings. The van der Waals surface area contributed by atoms with Gasteiger partial charge in [-0.15, -0.1) is 0 Å². The molecule has 0 unspecified atom stereocenters. The van der Waals surface area contributed by atoms with E-state index in [1.54, 1.807) is 29.9 Å². The van der Waals surface area contributed by atoms with Gasteiger partial charge in [-0.3, -0.25) is 4.68 Å². The van der Waals surface area contributed by atoms with Crippen LogP contribution in [-0.2, 0) is 23.6 Å². The van der Waals surface area contributed by atoms with Gasteiger partial charge in [0.15, 0.2) is 0 Å². The van der Waals surface area contributed by atoms with Crippen LogP contribution in [0.5, 0.6) is 0 Å². The van der Waals surface area contributed by atoms with E-state index in [9.17, 15) is 8.42 Å². The summed E-state index contributed by atoms with van der Waals surface area (Å²) < 4.78 is 24.6. The highest BCUT2D eigenvalue weighted by atomic mass is 32.2. The molecule has 3 N–H and O–H groups in total. The Morgan fingerprint density at radius 1 is 1.37 bits per heavy atom. The lowest BCUT2D eigenvalue weighted by atomic mass is 10.2. The maximum absolute atomic E-state index is 11.4. The molecule has 6 nitrogen and oxygen atoms in total. The number of aromatic nitrogens is 2. The van der Waals surface area contributed by atoms with Crippen LogP contribution < -0.4 is 10.5 Å². The molecule has 0 spiro atoms. The van der Waals surface area contributed by atoms with E-state index in [2.05, 4.69) is 10.4 Å². The Morgan fingerprint density at radius 3 is 2.68 bits per heavy atom. The van der Waals surface area contributed by atoms with Gasteiger partial charge in [0.1, 0.15) is 0 Å². The normalized spacial score (nSPS) is 11.5. The number of aryl methyl sites for hydroxylation is 2. The number of nitrogens with two attached hydrogens (primary N) is 1. The molecule has 0 radical (unpaired) electrons. The fourth-order valence-electron chi connectivity index (χ4n) is 1.78. The maximum atomic E-state index is 11.4. The van der Waals surface area contributed by atoms with Gasteiger partial charge in [-0.05, 0) is 30.7 Å². The van der Waals surface area contributed by atoms with Gasteiger partial charge in [-0.25, -0.2) is 13.6 Å². The first-order valence-corrected chi connectivity index (χ1v) is 7.27. The van der Waals surface area contributed by atoms with Crippen molar-refractivity contribution in [3.8, 4) is 0 Å². The van der Waals surface area contributed by atoms with E-state index >= 15 is 0 Å². The number of hydrogen-bond acceptors (Lipinski definition) is 4. The lowest BCUT2D eigenvalue weighted by Crippen LogP contribution is -2.14. The number of primary sulfonamides is 1. The summed E-state index contributed by atoms with van der Waals surface area (Å²) in [5.41, 5.74) is 2.34. The van der Waals surface area contributed by atoms with Gasteiger partial charge in [0, 0.05) is 18.9 Å². The first kappa shape index (κ1) is 13.6. The number of nitrogens with one attached hydrogen (secondary N) is 1. The van der Waals surface area contributed by atoms with Crippen LogP contribution in [0.1, 0.15) is 11.3 Å². The van der Waals surface area contributed by atoms with Gasteiger partial charge >= 0.3 is 0 Å². The molecule has 1 aromatic carbocycles. The second-order valence-electron chi connectivity index (χ2n) is 4.32. The zero-order valence-electron chi connectivity index (χ0n) is 10.8. The minimum absolute atomic E-state index is 0.141. The van der Waals surface area contributed by atoms with Crippen LogP contribution in [0.25, 0.3) is 0 Å².